The van der Waals surface area contributed by atoms with Crippen molar-refractivity contribution in [2.24, 2.45) is 5.92 Å². The van der Waals surface area contributed by atoms with Crippen molar-refractivity contribution in [1.29, 1.82) is 0 Å². The van der Waals surface area contributed by atoms with Gasteiger partial charge >= 0.3 is 0 Å². The normalized spacial score (nSPS) is 21.8. The highest BCUT2D eigenvalue weighted by Crippen LogP contribution is 2.19. The van der Waals surface area contributed by atoms with E-state index in [0.717, 1.165) is 18.8 Å². The van der Waals surface area contributed by atoms with E-state index in [1.807, 2.05) is 19.1 Å². The van der Waals surface area contributed by atoms with Crippen LogP contribution in [0.5, 0.6) is 0 Å². The Balaban J connectivity index is 1.95. The van der Waals surface area contributed by atoms with Crippen LogP contribution in [-0.4, -0.2) is 29.9 Å². The Labute approximate surface area is 108 Å². The van der Waals surface area contributed by atoms with Gasteiger partial charge in [-0.25, -0.2) is 0 Å². The SMILES string of the molecule is CC1CCN(C(C)C(=O)Nc2cccc(N)c2)C1. The number of anilines is 2. The van der Waals surface area contributed by atoms with Gasteiger partial charge in [-0.15, -0.1) is 0 Å². The Kier molecular flexibility index (Phi) is 3.87. The molecule has 18 heavy (non-hydrogen) atoms. The molecule has 2 rings (SSSR count). The first-order valence-corrected chi connectivity index (χ1v) is 6.46. The lowest BCUT2D eigenvalue weighted by Crippen LogP contribution is -2.40. The summed E-state index contributed by atoms with van der Waals surface area (Å²) >= 11 is 0. The first-order chi connectivity index (χ1) is 8.56. The largest absolute Gasteiger partial charge is 0.399 e. The number of nitrogens with zero attached hydrogens (tertiary/aromatic N) is 1. The first kappa shape index (κ1) is 12.9. The predicted molar refractivity (Wildman–Crippen MR) is 74.3 cm³/mol. The van der Waals surface area contributed by atoms with Crippen molar-refractivity contribution >= 4 is 17.3 Å². The Morgan fingerprint density at radius 1 is 1.56 bits per heavy atom. The molecule has 1 fully saturated rings. The highest BCUT2D eigenvalue weighted by atomic mass is 16.2. The van der Waals surface area contributed by atoms with Crippen LogP contribution in [0, 0.1) is 5.92 Å². The van der Waals surface area contributed by atoms with Crippen molar-refractivity contribution in [3.05, 3.63) is 24.3 Å². The quantitative estimate of drug-likeness (QED) is 0.802. The summed E-state index contributed by atoms with van der Waals surface area (Å²) in [5.41, 5.74) is 7.11. The van der Waals surface area contributed by atoms with Crippen LogP contribution < -0.4 is 11.1 Å². The minimum atomic E-state index is -0.0867. The maximum atomic E-state index is 12.1. The zero-order valence-electron chi connectivity index (χ0n) is 11.0. The Morgan fingerprint density at radius 2 is 2.33 bits per heavy atom. The second kappa shape index (κ2) is 5.40. The van der Waals surface area contributed by atoms with Gasteiger partial charge < -0.3 is 11.1 Å². The van der Waals surface area contributed by atoms with Crippen molar-refractivity contribution in [2.45, 2.75) is 26.3 Å². The van der Waals surface area contributed by atoms with Gasteiger partial charge in [0.25, 0.3) is 0 Å². The summed E-state index contributed by atoms with van der Waals surface area (Å²) in [6, 6.07) is 7.19. The van der Waals surface area contributed by atoms with E-state index >= 15 is 0 Å². The van der Waals surface area contributed by atoms with Crippen LogP contribution in [0.15, 0.2) is 24.3 Å². The van der Waals surface area contributed by atoms with Crippen LogP contribution >= 0.6 is 0 Å². The third-order valence-electron chi connectivity index (χ3n) is 3.54. The molecule has 1 aliphatic rings. The zero-order chi connectivity index (χ0) is 13.1. The topological polar surface area (TPSA) is 58.4 Å². The minimum Gasteiger partial charge on any atom is -0.399 e. The molecule has 0 bridgehead atoms. The number of carbonyl (C=O) groups excluding carboxylic acids is 1. The second-order valence-corrected chi connectivity index (χ2v) is 5.18. The highest BCUT2D eigenvalue weighted by Gasteiger charge is 2.27. The molecule has 1 saturated heterocycles. The molecule has 1 heterocycles. The van der Waals surface area contributed by atoms with Gasteiger partial charge in [0.2, 0.25) is 5.91 Å². The molecule has 0 aliphatic carbocycles. The number of carbonyl (C=O) groups is 1. The van der Waals surface area contributed by atoms with Crippen molar-refractivity contribution in [1.82, 2.24) is 4.90 Å². The van der Waals surface area contributed by atoms with E-state index in [-0.39, 0.29) is 11.9 Å². The van der Waals surface area contributed by atoms with Gasteiger partial charge in [-0.1, -0.05) is 13.0 Å². The van der Waals surface area contributed by atoms with E-state index in [9.17, 15) is 4.79 Å². The third kappa shape index (κ3) is 3.01. The lowest BCUT2D eigenvalue weighted by molar-refractivity contribution is -0.120. The van der Waals surface area contributed by atoms with Crippen molar-refractivity contribution in [3.63, 3.8) is 0 Å². The van der Waals surface area contributed by atoms with E-state index in [1.165, 1.54) is 6.42 Å². The monoisotopic (exact) mass is 247 g/mol. The number of nitrogen functional groups attached to an aromatic ring is 1. The number of nitrogens with one attached hydrogen (secondary N) is 1. The minimum absolute atomic E-state index is 0.0368. The van der Waals surface area contributed by atoms with Crippen LogP contribution in [-0.2, 0) is 4.79 Å². The number of hydrogen-bond donors (Lipinski definition) is 2. The van der Waals surface area contributed by atoms with E-state index in [4.69, 9.17) is 5.73 Å². The van der Waals surface area contributed by atoms with Gasteiger partial charge in [0.1, 0.15) is 0 Å². The zero-order valence-corrected chi connectivity index (χ0v) is 11.0. The number of benzene rings is 1. The van der Waals surface area contributed by atoms with Crippen LogP contribution in [0.25, 0.3) is 0 Å². The Bertz CT molecular complexity index is 433. The molecule has 2 unspecified atom stereocenters. The van der Waals surface area contributed by atoms with E-state index < -0.39 is 0 Å². The lowest BCUT2D eigenvalue weighted by atomic mass is 10.2. The second-order valence-electron chi connectivity index (χ2n) is 5.18. The number of nitrogens with two attached hydrogens (primary N) is 1. The van der Waals surface area contributed by atoms with Crippen LogP contribution in [0.1, 0.15) is 20.3 Å². The number of likely N-dealkylation sites (tertiary alicyclic amines) is 1. The molecule has 0 aromatic heterocycles. The van der Waals surface area contributed by atoms with Gasteiger partial charge in [0.05, 0.1) is 6.04 Å². The molecular weight excluding hydrogens is 226 g/mol. The first-order valence-electron chi connectivity index (χ1n) is 6.46. The summed E-state index contributed by atoms with van der Waals surface area (Å²) < 4.78 is 0. The molecule has 4 nitrogen and oxygen atoms in total. The molecule has 3 N–H and O–H groups in total. The maximum Gasteiger partial charge on any atom is 0.241 e. The molecule has 4 heteroatoms. The fraction of sp³-hybridized carbons (Fsp3) is 0.500. The fourth-order valence-electron chi connectivity index (χ4n) is 2.35. The van der Waals surface area contributed by atoms with Gasteiger partial charge in [0.15, 0.2) is 0 Å². The average molecular weight is 247 g/mol. The summed E-state index contributed by atoms with van der Waals surface area (Å²) in [5, 5.41) is 2.91. The van der Waals surface area contributed by atoms with Gasteiger partial charge in [-0.3, -0.25) is 9.69 Å². The summed E-state index contributed by atoms with van der Waals surface area (Å²) in [5.74, 6) is 0.724. The smallest absolute Gasteiger partial charge is 0.241 e. The molecule has 1 aromatic rings. The standard InChI is InChI=1S/C14H21N3O/c1-10-6-7-17(9-10)11(2)14(18)16-13-5-3-4-12(15)8-13/h3-5,8,10-11H,6-7,9,15H2,1-2H3,(H,16,18). The summed E-state index contributed by atoms with van der Waals surface area (Å²) in [6.45, 7) is 6.19. The Morgan fingerprint density at radius 3 is 2.94 bits per heavy atom. The third-order valence-corrected chi connectivity index (χ3v) is 3.54. The summed E-state index contributed by atoms with van der Waals surface area (Å²) in [6.07, 6.45) is 1.18. The fourth-order valence-corrected chi connectivity index (χ4v) is 2.35. The lowest BCUT2D eigenvalue weighted by Gasteiger charge is -2.23. The van der Waals surface area contributed by atoms with Crippen molar-refractivity contribution < 1.29 is 4.79 Å². The highest BCUT2D eigenvalue weighted by molar-refractivity contribution is 5.94. The summed E-state index contributed by atoms with van der Waals surface area (Å²) in [4.78, 5) is 14.4. The van der Waals surface area contributed by atoms with Crippen LogP contribution in [0.3, 0.4) is 0 Å². The molecule has 1 aromatic carbocycles. The van der Waals surface area contributed by atoms with Crippen LogP contribution in [0.4, 0.5) is 11.4 Å². The number of amides is 1. The molecule has 1 aliphatic heterocycles. The number of hydrogen-bond acceptors (Lipinski definition) is 3. The molecule has 98 valence electrons. The van der Waals surface area contributed by atoms with Gasteiger partial charge in [0, 0.05) is 17.9 Å². The molecule has 1 amide bonds. The average Bonchev–Trinajstić information content (AvgIpc) is 2.75. The number of rotatable bonds is 3. The molecular formula is C14H21N3O. The van der Waals surface area contributed by atoms with Crippen molar-refractivity contribution in [2.75, 3.05) is 24.1 Å². The Hall–Kier alpha value is -1.55. The van der Waals surface area contributed by atoms with Crippen LogP contribution in [0.2, 0.25) is 0 Å². The van der Waals surface area contributed by atoms with E-state index in [1.54, 1.807) is 12.1 Å². The molecule has 0 saturated carbocycles. The predicted octanol–water partition coefficient (Wildman–Crippen LogP) is 1.94. The maximum absolute atomic E-state index is 12.1. The van der Waals surface area contributed by atoms with Gasteiger partial charge in [-0.2, -0.15) is 0 Å². The molecule has 2 atom stereocenters. The molecule has 0 spiro atoms. The van der Waals surface area contributed by atoms with E-state index in [2.05, 4.69) is 17.1 Å². The van der Waals surface area contributed by atoms with Gasteiger partial charge in [-0.05, 0) is 44.0 Å². The molecule has 0 radical (unpaired) electrons. The summed E-state index contributed by atoms with van der Waals surface area (Å²) in [7, 11) is 0. The van der Waals surface area contributed by atoms with E-state index in [0.29, 0.717) is 11.6 Å². The van der Waals surface area contributed by atoms with Crippen molar-refractivity contribution in [3.8, 4) is 0 Å².